The van der Waals surface area contributed by atoms with Crippen LogP contribution < -0.4 is 5.32 Å². The second kappa shape index (κ2) is 8.20. The van der Waals surface area contributed by atoms with Gasteiger partial charge in [0.1, 0.15) is 5.82 Å². The molecule has 2 rings (SSSR count). The summed E-state index contributed by atoms with van der Waals surface area (Å²) in [5.41, 5.74) is 1.06. The van der Waals surface area contributed by atoms with Gasteiger partial charge in [-0.25, -0.2) is 4.98 Å². The zero-order chi connectivity index (χ0) is 14.2. The van der Waals surface area contributed by atoms with E-state index in [-0.39, 0.29) is 0 Å². The number of nitrogens with zero attached hydrogens (tertiary/aromatic N) is 3. The van der Waals surface area contributed by atoms with Gasteiger partial charge in [0.05, 0.1) is 18.1 Å². The Labute approximate surface area is 123 Å². The van der Waals surface area contributed by atoms with Crippen molar-refractivity contribution in [3.8, 4) is 0 Å². The van der Waals surface area contributed by atoms with Gasteiger partial charge >= 0.3 is 0 Å². The van der Waals surface area contributed by atoms with Crippen LogP contribution in [0.25, 0.3) is 0 Å². The van der Waals surface area contributed by atoms with Crippen molar-refractivity contribution < 1.29 is 0 Å². The third-order valence-corrected chi connectivity index (χ3v) is 3.99. The van der Waals surface area contributed by atoms with E-state index < -0.39 is 0 Å². The number of aromatic nitrogens is 2. The SMILES string of the molecule is CCCNc1cnc(CN(C)CC2CCCCC2)cn1. The minimum atomic E-state index is 0.880. The Hall–Kier alpha value is -1.16. The maximum atomic E-state index is 4.50. The molecule has 0 aliphatic heterocycles. The maximum Gasteiger partial charge on any atom is 0.144 e. The Kier molecular flexibility index (Phi) is 6.25. The lowest BCUT2D eigenvalue weighted by atomic mass is 9.89. The third kappa shape index (κ3) is 5.08. The zero-order valence-electron chi connectivity index (χ0n) is 12.9. The van der Waals surface area contributed by atoms with Gasteiger partial charge in [0, 0.05) is 19.6 Å². The van der Waals surface area contributed by atoms with Gasteiger partial charge < -0.3 is 10.2 Å². The molecule has 1 aliphatic rings. The molecule has 1 N–H and O–H groups in total. The molecule has 0 spiro atoms. The molecule has 1 aliphatic carbocycles. The van der Waals surface area contributed by atoms with E-state index in [1.165, 1.54) is 38.6 Å². The Morgan fingerprint density at radius 1 is 1.20 bits per heavy atom. The minimum absolute atomic E-state index is 0.880. The second-order valence-corrected chi connectivity index (χ2v) is 6.02. The Bertz CT molecular complexity index is 371. The van der Waals surface area contributed by atoms with E-state index in [0.29, 0.717) is 0 Å². The van der Waals surface area contributed by atoms with Crippen LogP contribution in [0.5, 0.6) is 0 Å². The average molecular weight is 276 g/mol. The minimum Gasteiger partial charge on any atom is -0.369 e. The Morgan fingerprint density at radius 2 is 2.00 bits per heavy atom. The van der Waals surface area contributed by atoms with Crippen LogP contribution in [0, 0.1) is 5.92 Å². The summed E-state index contributed by atoms with van der Waals surface area (Å²) < 4.78 is 0. The molecule has 0 atom stereocenters. The number of anilines is 1. The summed E-state index contributed by atoms with van der Waals surface area (Å²) in [6.07, 6.45) is 11.9. The average Bonchev–Trinajstić information content (AvgIpc) is 2.47. The van der Waals surface area contributed by atoms with E-state index in [4.69, 9.17) is 0 Å². The second-order valence-electron chi connectivity index (χ2n) is 6.02. The van der Waals surface area contributed by atoms with Crippen LogP contribution in [-0.2, 0) is 6.54 Å². The summed E-state index contributed by atoms with van der Waals surface area (Å²) >= 11 is 0. The molecular formula is C16H28N4. The van der Waals surface area contributed by atoms with Gasteiger partial charge in [0.25, 0.3) is 0 Å². The molecule has 0 unspecified atom stereocenters. The normalized spacial score (nSPS) is 16.6. The quantitative estimate of drug-likeness (QED) is 0.829. The Balaban J connectivity index is 1.76. The van der Waals surface area contributed by atoms with E-state index in [9.17, 15) is 0 Å². The largest absolute Gasteiger partial charge is 0.369 e. The first kappa shape index (κ1) is 15.2. The standard InChI is InChI=1S/C16H28N4/c1-3-9-17-16-11-18-15(10-19-16)13-20(2)12-14-7-5-4-6-8-14/h10-11,14H,3-9,12-13H2,1-2H3,(H,17,19). The first-order valence-corrected chi connectivity index (χ1v) is 8.01. The van der Waals surface area contributed by atoms with Crippen LogP contribution in [-0.4, -0.2) is 35.0 Å². The summed E-state index contributed by atoms with van der Waals surface area (Å²) in [6, 6.07) is 0. The number of hydrogen-bond acceptors (Lipinski definition) is 4. The van der Waals surface area contributed by atoms with Gasteiger partial charge in [-0.3, -0.25) is 4.98 Å². The van der Waals surface area contributed by atoms with Crippen molar-refractivity contribution in [2.24, 2.45) is 5.92 Å². The zero-order valence-corrected chi connectivity index (χ0v) is 12.9. The molecule has 1 heterocycles. The molecule has 112 valence electrons. The first-order valence-electron chi connectivity index (χ1n) is 8.01. The molecule has 0 amide bonds. The van der Waals surface area contributed by atoms with Gasteiger partial charge in [-0.15, -0.1) is 0 Å². The van der Waals surface area contributed by atoms with Crippen molar-refractivity contribution in [2.45, 2.75) is 52.0 Å². The fourth-order valence-corrected chi connectivity index (χ4v) is 2.93. The van der Waals surface area contributed by atoms with Gasteiger partial charge in [0.2, 0.25) is 0 Å². The van der Waals surface area contributed by atoms with E-state index in [2.05, 4.69) is 34.2 Å². The lowest BCUT2D eigenvalue weighted by Gasteiger charge is -2.26. The molecule has 1 fully saturated rings. The van der Waals surface area contributed by atoms with Crippen molar-refractivity contribution in [1.82, 2.24) is 14.9 Å². The first-order chi connectivity index (χ1) is 9.78. The molecule has 0 saturated heterocycles. The Morgan fingerprint density at radius 3 is 2.65 bits per heavy atom. The topological polar surface area (TPSA) is 41.1 Å². The van der Waals surface area contributed by atoms with Gasteiger partial charge in [-0.2, -0.15) is 0 Å². The fourth-order valence-electron chi connectivity index (χ4n) is 2.93. The maximum absolute atomic E-state index is 4.50. The summed E-state index contributed by atoms with van der Waals surface area (Å²) in [6.45, 7) is 5.19. The van der Waals surface area contributed by atoms with Crippen LogP contribution in [0.15, 0.2) is 12.4 Å². The van der Waals surface area contributed by atoms with Crippen molar-refractivity contribution in [2.75, 3.05) is 25.5 Å². The van der Waals surface area contributed by atoms with E-state index in [1.807, 2.05) is 12.4 Å². The summed E-state index contributed by atoms with van der Waals surface area (Å²) in [5.74, 6) is 1.76. The van der Waals surface area contributed by atoms with Gasteiger partial charge in [0.15, 0.2) is 0 Å². The van der Waals surface area contributed by atoms with E-state index in [0.717, 1.165) is 36.9 Å². The van der Waals surface area contributed by atoms with Gasteiger partial charge in [-0.1, -0.05) is 26.2 Å². The molecule has 1 aromatic rings. The molecule has 0 radical (unpaired) electrons. The highest BCUT2D eigenvalue weighted by atomic mass is 15.1. The van der Waals surface area contributed by atoms with E-state index >= 15 is 0 Å². The van der Waals surface area contributed by atoms with Crippen LogP contribution in [0.1, 0.15) is 51.1 Å². The molecule has 4 nitrogen and oxygen atoms in total. The number of nitrogens with one attached hydrogen (secondary N) is 1. The van der Waals surface area contributed by atoms with Crippen molar-refractivity contribution in [3.05, 3.63) is 18.1 Å². The highest BCUT2D eigenvalue weighted by Gasteiger charge is 2.15. The van der Waals surface area contributed by atoms with Crippen LogP contribution in [0.4, 0.5) is 5.82 Å². The molecule has 1 saturated carbocycles. The van der Waals surface area contributed by atoms with Crippen molar-refractivity contribution in [3.63, 3.8) is 0 Å². The lowest BCUT2D eigenvalue weighted by molar-refractivity contribution is 0.226. The highest BCUT2D eigenvalue weighted by molar-refractivity contribution is 5.30. The number of rotatable bonds is 7. The number of hydrogen-bond donors (Lipinski definition) is 1. The summed E-state index contributed by atoms with van der Waals surface area (Å²) in [7, 11) is 2.19. The molecule has 1 aromatic heterocycles. The monoisotopic (exact) mass is 276 g/mol. The van der Waals surface area contributed by atoms with E-state index in [1.54, 1.807) is 0 Å². The van der Waals surface area contributed by atoms with Crippen LogP contribution >= 0.6 is 0 Å². The third-order valence-electron chi connectivity index (χ3n) is 3.99. The van der Waals surface area contributed by atoms with Crippen LogP contribution in [0.3, 0.4) is 0 Å². The van der Waals surface area contributed by atoms with Gasteiger partial charge in [-0.05, 0) is 32.2 Å². The van der Waals surface area contributed by atoms with Crippen molar-refractivity contribution in [1.29, 1.82) is 0 Å². The molecular weight excluding hydrogens is 248 g/mol. The predicted octanol–water partition coefficient (Wildman–Crippen LogP) is 3.31. The highest BCUT2D eigenvalue weighted by Crippen LogP contribution is 2.24. The molecule has 20 heavy (non-hydrogen) atoms. The smallest absolute Gasteiger partial charge is 0.144 e. The molecule has 0 aromatic carbocycles. The molecule has 4 heteroatoms. The lowest BCUT2D eigenvalue weighted by Crippen LogP contribution is -2.27. The summed E-state index contributed by atoms with van der Waals surface area (Å²) in [4.78, 5) is 11.3. The summed E-state index contributed by atoms with van der Waals surface area (Å²) in [5, 5.41) is 3.25. The predicted molar refractivity (Wildman–Crippen MR) is 83.7 cm³/mol. The van der Waals surface area contributed by atoms with Crippen molar-refractivity contribution >= 4 is 5.82 Å². The van der Waals surface area contributed by atoms with Crippen LogP contribution in [0.2, 0.25) is 0 Å². The molecule has 0 bridgehead atoms. The fraction of sp³-hybridized carbons (Fsp3) is 0.750.